The van der Waals surface area contributed by atoms with Crippen molar-refractivity contribution >= 4 is 17.7 Å². The van der Waals surface area contributed by atoms with E-state index in [1.807, 2.05) is 5.43 Å². The van der Waals surface area contributed by atoms with Crippen molar-refractivity contribution in [2.24, 2.45) is 5.10 Å². The van der Waals surface area contributed by atoms with Crippen LogP contribution in [0.15, 0.2) is 47.3 Å². The molecule has 1 aromatic heterocycles. The van der Waals surface area contributed by atoms with Crippen LogP contribution in [-0.4, -0.2) is 93.9 Å². The van der Waals surface area contributed by atoms with Gasteiger partial charge in [-0.25, -0.2) is 18.7 Å². The van der Waals surface area contributed by atoms with Gasteiger partial charge < -0.3 is 24.5 Å². The summed E-state index contributed by atoms with van der Waals surface area (Å²) in [6, 6.07) is 2.03. The highest BCUT2D eigenvalue weighted by Gasteiger charge is 2.43. The van der Waals surface area contributed by atoms with E-state index in [0.717, 1.165) is 12.1 Å². The van der Waals surface area contributed by atoms with Crippen molar-refractivity contribution in [1.82, 2.24) is 25.2 Å². The molecule has 244 valence electrons. The highest BCUT2D eigenvalue weighted by atomic mass is 19.4. The second-order valence-corrected chi connectivity index (χ2v) is 10.7. The second kappa shape index (κ2) is 12.6. The molecule has 45 heavy (non-hydrogen) atoms. The first-order valence-electron chi connectivity index (χ1n) is 13.8. The van der Waals surface area contributed by atoms with E-state index in [-0.39, 0.29) is 75.4 Å². The number of aromatic nitrogens is 2. The molecule has 5 rings (SSSR count). The third-order valence-corrected chi connectivity index (χ3v) is 7.59. The number of carbonyl (C=O) groups is 1. The van der Waals surface area contributed by atoms with Crippen molar-refractivity contribution in [1.29, 1.82) is 0 Å². The molecule has 10 nitrogen and oxygen atoms in total. The SMILES string of the molecule is O=C(CC[C@@H]1C[C@@H](Oc2cc(F)cc(F)c2)CN1C1=NNC(O)C(C(F)(F)F)=C1)N1CCN(c2ncc(C(F)(F)F)cn2)CC1. The molecule has 0 spiro atoms. The fourth-order valence-electron chi connectivity index (χ4n) is 5.37. The first-order chi connectivity index (χ1) is 21.2. The first-order valence-corrected chi connectivity index (χ1v) is 13.8. The normalized spacial score (nSPS) is 22.6. The smallest absolute Gasteiger partial charge is 0.419 e. The molecule has 18 heteroatoms. The van der Waals surface area contributed by atoms with Crippen LogP contribution >= 0.6 is 0 Å². The number of piperazine rings is 1. The number of aliphatic hydroxyl groups excluding tert-OH is 1. The molecule has 1 unspecified atom stereocenters. The van der Waals surface area contributed by atoms with Crippen molar-refractivity contribution < 1.29 is 49.8 Å². The summed E-state index contributed by atoms with van der Waals surface area (Å²) in [5, 5.41) is 13.6. The number of alkyl halides is 6. The molecular formula is C27H27F8N7O3. The zero-order valence-corrected chi connectivity index (χ0v) is 23.3. The number of halogens is 8. The van der Waals surface area contributed by atoms with E-state index in [1.54, 1.807) is 9.80 Å². The summed E-state index contributed by atoms with van der Waals surface area (Å²) in [7, 11) is 0. The predicted molar refractivity (Wildman–Crippen MR) is 142 cm³/mol. The Balaban J connectivity index is 1.23. The molecule has 0 radical (unpaired) electrons. The Bertz CT molecular complexity index is 1420. The van der Waals surface area contributed by atoms with Crippen LogP contribution in [0.5, 0.6) is 5.75 Å². The van der Waals surface area contributed by atoms with Crippen molar-refractivity contribution in [3.63, 3.8) is 0 Å². The van der Waals surface area contributed by atoms with E-state index in [4.69, 9.17) is 4.74 Å². The molecule has 0 saturated carbocycles. The van der Waals surface area contributed by atoms with Gasteiger partial charge in [0, 0.05) is 75.7 Å². The van der Waals surface area contributed by atoms with Crippen LogP contribution in [0.25, 0.3) is 0 Å². The molecular weight excluding hydrogens is 622 g/mol. The first kappa shape index (κ1) is 32.2. The molecule has 4 heterocycles. The van der Waals surface area contributed by atoms with Gasteiger partial charge in [0.2, 0.25) is 11.9 Å². The Hall–Kier alpha value is -4.22. The van der Waals surface area contributed by atoms with E-state index in [0.29, 0.717) is 24.5 Å². The van der Waals surface area contributed by atoms with Crippen molar-refractivity contribution in [3.8, 4) is 5.75 Å². The number of nitrogens with zero attached hydrogens (tertiary/aromatic N) is 6. The van der Waals surface area contributed by atoms with Gasteiger partial charge in [-0.15, -0.1) is 0 Å². The zero-order chi connectivity index (χ0) is 32.5. The maximum absolute atomic E-state index is 13.7. The number of amides is 1. The minimum absolute atomic E-state index is 0.0154. The van der Waals surface area contributed by atoms with E-state index in [9.17, 15) is 45.0 Å². The zero-order valence-electron chi connectivity index (χ0n) is 23.3. The van der Waals surface area contributed by atoms with Gasteiger partial charge in [0.1, 0.15) is 29.3 Å². The Morgan fingerprint density at radius 2 is 1.62 bits per heavy atom. The Morgan fingerprint density at radius 3 is 2.22 bits per heavy atom. The quantitative estimate of drug-likeness (QED) is 0.459. The van der Waals surface area contributed by atoms with E-state index < -0.39 is 53.5 Å². The highest BCUT2D eigenvalue weighted by Crippen LogP contribution is 2.33. The Kier molecular flexibility index (Phi) is 9.04. The van der Waals surface area contributed by atoms with Gasteiger partial charge in [-0.3, -0.25) is 10.2 Å². The average Bonchev–Trinajstić information content (AvgIpc) is 3.37. The van der Waals surface area contributed by atoms with Gasteiger partial charge in [0.25, 0.3) is 0 Å². The van der Waals surface area contributed by atoms with E-state index in [2.05, 4.69) is 15.1 Å². The molecule has 1 amide bonds. The van der Waals surface area contributed by atoms with Crippen molar-refractivity contribution in [2.45, 2.75) is 50.0 Å². The monoisotopic (exact) mass is 649 g/mol. The number of hydrazone groups is 1. The highest BCUT2D eigenvalue weighted by molar-refractivity contribution is 5.95. The lowest BCUT2D eigenvalue weighted by molar-refractivity contribution is -0.138. The van der Waals surface area contributed by atoms with Gasteiger partial charge >= 0.3 is 12.4 Å². The van der Waals surface area contributed by atoms with Gasteiger partial charge in [-0.05, 0) is 12.5 Å². The maximum Gasteiger partial charge on any atom is 0.419 e. The Morgan fingerprint density at radius 1 is 0.978 bits per heavy atom. The number of hydrogen-bond acceptors (Lipinski definition) is 9. The number of benzene rings is 1. The molecule has 2 saturated heterocycles. The van der Waals surface area contributed by atoms with Crippen molar-refractivity contribution in [2.75, 3.05) is 37.6 Å². The summed E-state index contributed by atoms with van der Waals surface area (Å²) < 4.78 is 112. The number of likely N-dealkylation sites (tertiary alicyclic amines) is 1. The third kappa shape index (κ3) is 7.72. The van der Waals surface area contributed by atoms with E-state index >= 15 is 0 Å². The number of amidine groups is 1. The molecule has 2 fully saturated rings. The molecule has 0 bridgehead atoms. The lowest BCUT2D eigenvalue weighted by Crippen LogP contribution is -2.49. The predicted octanol–water partition coefficient (Wildman–Crippen LogP) is 3.45. The topological polar surface area (TPSA) is 106 Å². The van der Waals surface area contributed by atoms with Crippen LogP contribution in [0, 0.1) is 11.6 Å². The summed E-state index contributed by atoms with van der Waals surface area (Å²) in [5.74, 6) is -2.19. The molecule has 3 aliphatic rings. The summed E-state index contributed by atoms with van der Waals surface area (Å²) in [5.41, 5.74) is -0.210. The summed E-state index contributed by atoms with van der Waals surface area (Å²) in [4.78, 5) is 25.3. The molecule has 3 atom stereocenters. The lowest BCUT2D eigenvalue weighted by atomic mass is 10.1. The van der Waals surface area contributed by atoms with E-state index in [1.165, 1.54) is 4.90 Å². The number of carbonyl (C=O) groups excluding carboxylic acids is 1. The number of anilines is 1. The van der Waals surface area contributed by atoms with Gasteiger partial charge in [-0.2, -0.15) is 31.4 Å². The number of hydrogen-bond donors (Lipinski definition) is 2. The minimum atomic E-state index is -4.86. The standard InChI is InChI=1S/C27H27F8N7O3/c28-16-7-17(29)9-19(8-16)45-20-10-18(42(14-20)22-11-21(27(33,34)35)24(44)39-38-22)1-2-23(43)40-3-5-41(6-4-40)25-36-12-15(13-37-25)26(30,31)32/h7-9,11-13,18,20,24,39,44H,1-6,10,14H2/t18-,20-,24?/m1/s1. The summed E-state index contributed by atoms with van der Waals surface area (Å²) in [6.45, 7) is 0.980. The minimum Gasteiger partial charge on any atom is -0.488 e. The fraction of sp³-hybridized carbons (Fsp3) is 0.481. The Labute approximate surface area is 251 Å². The van der Waals surface area contributed by atoms with Crippen LogP contribution in [0.1, 0.15) is 24.8 Å². The molecule has 2 aromatic rings. The second-order valence-electron chi connectivity index (χ2n) is 10.7. The summed E-state index contributed by atoms with van der Waals surface area (Å²) >= 11 is 0. The van der Waals surface area contributed by atoms with Crippen LogP contribution in [0.3, 0.4) is 0 Å². The molecule has 2 N–H and O–H groups in total. The number of nitrogens with one attached hydrogen (secondary N) is 1. The van der Waals surface area contributed by atoms with Crippen molar-refractivity contribution in [3.05, 3.63) is 59.4 Å². The van der Waals surface area contributed by atoms with Crippen LogP contribution < -0.4 is 15.1 Å². The third-order valence-electron chi connectivity index (χ3n) is 7.59. The fourth-order valence-corrected chi connectivity index (χ4v) is 5.37. The van der Waals surface area contributed by atoms with Gasteiger partial charge in [0.15, 0.2) is 6.23 Å². The maximum atomic E-state index is 13.7. The summed E-state index contributed by atoms with van der Waals surface area (Å²) in [6.07, 6.45) is -9.83. The number of ether oxygens (including phenoxy) is 1. The average molecular weight is 650 g/mol. The molecule has 3 aliphatic heterocycles. The largest absolute Gasteiger partial charge is 0.488 e. The van der Waals surface area contributed by atoms with Crippen LogP contribution in [0.4, 0.5) is 41.1 Å². The molecule has 0 aliphatic carbocycles. The lowest BCUT2D eigenvalue weighted by Gasteiger charge is -2.35. The van der Waals surface area contributed by atoms with Gasteiger partial charge in [0.05, 0.1) is 17.7 Å². The number of rotatable bonds is 6. The van der Waals surface area contributed by atoms with Gasteiger partial charge in [-0.1, -0.05) is 0 Å². The van der Waals surface area contributed by atoms with Crippen LogP contribution in [-0.2, 0) is 11.0 Å². The number of aliphatic hydroxyl groups is 1. The van der Waals surface area contributed by atoms with Crippen LogP contribution in [0.2, 0.25) is 0 Å². The molecule has 1 aromatic carbocycles.